The third kappa shape index (κ3) is 4.41. The van der Waals surface area contributed by atoms with E-state index in [1.807, 2.05) is 0 Å². The van der Waals surface area contributed by atoms with Gasteiger partial charge in [0.2, 0.25) is 19.9 Å². The van der Waals surface area contributed by atoms with Crippen LogP contribution >= 0.6 is 0 Å². The van der Waals surface area contributed by atoms with Crippen molar-refractivity contribution in [1.82, 2.24) is 4.31 Å². The number of anilines is 1. The second-order valence-electron chi connectivity index (χ2n) is 6.47. The summed E-state index contributed by atoms with van der Waals surface area (Å²) in [4.78, 5) is 1.06. The summed E-state index contributed by atoms with van der Waals surface area (Å²) in [7, 11) is -8.66. The van der Waals surface area contributed by atoms with Crippen molar-refractivity contribution in [1.29, 1.82) is 0 Å². The Labute approximate surface area is 167 Å². The van der Waals surface area contributed by atoms with Gasteiger partial charge in [0.1, 0.15) is 5.82 Å². The highest BCUT2D eigenvalue weighted by Gasteiger charge is 2.32. The molecule has 11 heteroatoms. The summed E-state index contributed by atoms with van der Waals surface area (Å²) in [5.74, 6) is -4.10. The quantitative estimate of drug-likeness (QED) is 0.703. The average Bonchev–Trinajstić information content (AvgIpc) is 2.95. The van der Waals surface area contributed by atoms with Crippen LogP contribution < -0.4 is 4.90 Å². The van der Waals surface area contributed by atoms with Crippen LogP contribution in [-0.4, -0.2) is 53.1 Å². The summed E-state index contributed by atoms with van der Waals surface area (Å²) in [6.45, 7) is 0.615. The zero-order valence-corrected chi connectivity index (χ0v) is 16.8. The van der Waals surface area contributed by atoms with Crippen LogP contribution in [0.4, 0.5) is 18.9 Å². The Bertz CT molecular complexity index is 1070. The molecule has 1 aliphatic rings. The average molecular weight is 448 g/mol. The summed E-state index contributed by atoms with van der Waals surface area (Å²) < 4.78 is 90.0. The molecule has 1 heterocycles. The molecule has 0 N–H and O–H groups in total. The number of hydrogen-bond acceptors (Lipinski definition) is 5. The van der Waals surface area contributed by atoms with Crippen LogP contribution in [-0.2, 0) is 19.9 Å². The van der Waals surface area contributed by atoms with Crippen LogP contribution in [0.2, 0.25) is 0 Å². The lowest BCUT2D eigenvalue weighted by Gasteiger charge is -2.25. The molecule has 0 amide bonds. The number of benzene rings is 2. The zero-order chi connectivity index (χ0) is 21.2. The first-order valence-electron chi connectivity index (χ1n) is 8.76. The van der Waals surface area contributed by atoms with Crippen LogP contribution in [0.15, 0.2) is 58.3 Å². The molecule has 0 saturated carbocycles. The van der Waals surface area contributed by atoms with Crippen molar-refractivity contribution in [3.63, 3.8) is 0 Å². The van der Waals surface area contributed by atoms with Crippen molar-refractivity contribution in [2.24, 2.45) is 0 Å². The summed E-state index contributed by atoms with van der Waals surface area (Å²) in [6.07, 6.45) is 0.365. The maximum absolute atomic E-state index is 13.1. The van der Waals surface area contributed by atoms with E-state index in [4.69, 9.17) is 0 Å². The molecular formula is C18H19F3N2O4S2. The van der Waals surface area contributed by atoms with Gasteiger partial charge in [-0.25, -0.2) is 21.2 Å². The van der Waals surface area contributed by atoms with Gasteiger partial charge in [-0.05, 0) is 42.8 Å². The van der Waals surface area contributed by atoms with Gasteiger partial charge < -0.3 is 4.90 Å². The Morgan fingerprint density at radius 1 is 0.828 bits per heavy atom. The molecule has 0 aromatic heterocycles. The molecule has 0 bridgehead atoms. The number of halogens is 3. The Balaban J connectivity index is 1.85. The van der Waals surface area contributed by atoms with E-state index in [2.05, 4.69) is 0 Å². The number of sulfone groups is 1. The Morgan fingerprint density at radius 3 is 2.14 bits per heavy atom. The molecular weight excluding hydrogens is 429 g/mol. The number of rotatable bonds is 5. The van der Waals surface area contributed by atoms with E-state index < -0.39 is 36.3 Å². The predicted octanol–water partition coefficient (Wildman–Crippen LogP) is 2.72. The normalized spacial score (nSPS) is 16.8. The van der Waals surface area contributed by atoms with E-state index in [0.717, 1.165) is 18.2 Å². The second kappa shape index (κ2) is 8.33. The van der Waals surface area contributed by atoms with Gasteiger partial charge in [-0.3, -0.25) is 0 Å². The smallest absolute Gasteiger partial charge is 0.341 e. The van der Waals surface area contributed by atoms with Crippen LogP contribution in [0.1, 0.15) is 6.42 Å². The van der Waals surface area contributed by atoms with Crippen molar-refractivity contribution >= 4 is 25.5 Å². The fourth-order valence-corrected chi connectivity index (χ4v) is 5.60. The highest BCUT2D eigenvalue weighted by Crippen LogP contribution is 2.30. The lowest BCUT2D eigenvalue weighted by Crippen LogP contribution is -2.35. The summed E-state index contributed by atoms with van der Waals surface area (Å²) >= 11 is 0. The monoisotopic (exact) mass is 448 g/mol. The number of alkyl halides is 2. The first kappa shape index (κ1) is 21.6. The molecule has 158 valence electrons. The fourth-order valence-electron chi connectivity index (χ4n) is 3.19. The molecule has 29 heavy (non-hydrogen) atoms. The van der Waals surface area contributed by atoms with Gasteiger partial charge in [-0.1, -0.05) is 12.1 Å². The molecule has 1 aliphatic heterocycles. The third-order valence-corrected chi connectivity index (χ3v) is 7.99. The Kier molecular flexibility index (Phi) is 6.20. The molecule has 0 radical (unpaired) electrons. The van der Waals surface area contributed by atoms with Crippen LogP contribution in [0.5, 0.6) is 0 Å². The maximum Gasteiger partial charge on any atom is 0.341 e. The van der Waals surface area contributed by atoms with Crippen molar-refractivity contribution in [2.45, 2.75) is 22.0 Å². The predicted molar refractivity (Wildman–Crippen MR) is 102 cm³/mol. The molecule has 2 aromatic carbocycles. The summed E-state index contributed by atoms with van der Waals surface area (Å²) in [5.41, 5.74) is 0.119. The lowest BCUT2D eigenvalue weighted by molar-refractivity contribution is 0.235. The zero-order valence-electron chi connectivity index (χ0n) is 15.2. The van der Waals surface area contributed by atoms with Crippen LogP contribution in [0.25, 0.3) is 0 Å². The van der Waals surface area contributed by atoms with E-state index in [9.17, 15) is 30.0 Å². The van der Waals surface area contributed by atoms with Gasteiger partial charge in [0.15, 0.2) is 0 Å². The number of sulfonamides is 1. The van der Waals surface area contributed by atoms with E-state index in [1.54, 1.807) is 4.90 Å². The molecule has 0 spiro atoms. The minimum absolute atomic E-state index is 0.0305. The van der Waals surface area contributed by atoms with Crippen LogP contribution in [0, 0.1) is 5.82 Å². The number of nitrogens with zero attached hydrogens (tertiary/aromatic N) is 2. The first-order chi connectivity index (χ1) is 13.6. The van der Waals surface area contributed by atoms with Crippen LogP contribution in [0.3, 0.4) is 0 Å². The highest BCUT2D eigenvalue weighted by atomic mass is 32.2. The molecule has 1 fully saturated rings. The van der Waals surface area contributed by atoms with Gasteiger partial charge in [0.25, 0.3) is 0 Å². The molecule has 0 atom stereocenters. The van der Waals surface area contributed by atoms with Gasteiger partial charge in [-0.2, -0.15) is 13.1 Å². The fraction of sp³-hybridized carbons (Fsp3) is 0.333. The third-order valence-electron chi connectivity index (χ3n) is 4.65. The molecule has 1 saturated heterocycles. The largest absolute Gasteiger partial charge is 0.369 e. The SMILES string of the molecule is O=S(=O)(c1ccccc1N1CCCN(S(=O)(=O)c2ccc(F)cc2)CC1)C(F)F. The van der Waals surface area contributed by atoms with E-state index in [1.165, 1.54) is 34.6 Å². The minimum atomic E-state index is -4.80. The second-order valence-corrected chi connectivity index (χ2v) is 10.3. The summed E-state index contributed by atoms with van der Waals surface area (Å²) in [5, 5.41) is 0. The van der Waals surface area contributed by atoms with Gasteiger partial charge in [0, 0.05) is 26.2 Å². The number of hydrogen-bond donors (Lipinski definition) is 0. The highest BCUT2D eigenvalue weighted by molar-refractivity contribution is 7.91. The van der Waals surface area contributed by atoms with E-state index in [-0.39, 0.29) is 30.2 Å². The van der Waals surface area contributed by atoms with Crippen molar-refractivity contribution in [3.8, 4) is 0 Å². The standard InChI is InChI=1S/C18H19F3N2O4S2/c19-14-6-8-15(9-7-14)29(26,27)23-11-3-10-22(12-13-23)16-4-1-2-5-17(16)28(24,25)18(20)21/h1-2,4-9,18H,3,10-13H2. The molecule has 6 nitrogen and oxygen atoms in total. The molecule has 3 rings (SSSR count). The van der Waals surface area contributed by atoms with Crippen molar-refractivity contribution in [2.75, 3.05) is 31.1 Å². The topological polar surface area (TPSA) is 74.8 Å². The van der Waals surface area contributed by atoms with Crippen molar-refractivity contribution < 1.29 is 30.0 Å². The van der Waals surface area contributed by atoms with Gasteiger partial charge >= 0.3 is 5.76 Å². The molecule has 2 aromatic rings. The Morgan fingerprint density at radius 2 is 1.48 bits per heavy atom. The Hall–Kier alpha value is -2.11. The summed E-state index contributed by atoms with van der Waals surface area (Å²) in [6, 6.07) is 9.92. The maximum atomic E-state index is 13.1. The van der Waals surface area contributed by atoms with Gasteiger partial charge in [-0.15, -0.1) is 0 Å². The van der Waals surface area contributed by atoms with Crippen molar-refractivity contribution in [3.05, 3.63) is 54.3 Å². The first-order valence-corrected chi connectivity index (χ1v) is 11.7. The van der Waals surface area contributed by atoms with E-state index >= 15 is 0 Å². The molecule has 0 aliphatic carbocycles. The molecule has 0 unspecified atom stereocenters. The number of para-hydroxylation sites is 1. The van der Waals surface area contributed by atoms with E-state index in [0.29, 0.717) is 13.0 Å². The lowest BCUT2D eigenvalue weighted by atomic mass is 10.2. The minimum Gasteiger partial charge on any atom is -0.369 e. The van der Waals surface area contributed by atoms with Gasteiger partial charge in [0.05, 0.1) is 15.5 Å².